The molecule has 0 aliphatic heterocycles. The molecule has 0 spiro atoms. The van der Waals surface area contributed by atoms with E-state index >= 15 is 0 Å². The van der Waals surface area contributed by atoms with Crippen molar-refractivity contribution in [1.29, 1.82) is 0 Å². The largest absolute Gasteiger partial charge is 0.396 e. The van der Waals surface area contributed by atoms with Crippen molar-refractivity contribution < 1.29 is 22.7 Å². The van der Waals surface area contributed by atoms with Crippen LogP contribution in [-0.4, -0.2) is 42.6 Å². The van der Waals surface area contributed by atoms with Gasteiger partial charge in [0.15, 0.2) is 5.82 Å². The van der Waals surface area contributed by atoms with Crippen LogP contribution >= 0.6 is 0 Å². The third kappa shape index (κ3) is 6.39. The van der Waals surface area contributed by atoms with Crippen LogP contribution in [-0.2, 0) is 16.6 Å². The van der Waals surface area contributed by atoms with Crippen LogP contribution in [0, 0.1) is 5.82 Å². The maximum atomic E-state index is 13.3. The van der Waals surface area contributed by atoms with Gasteiger partial charge < -0.3 is 10.4 Å². The van der Waals surface area contributed by atoms with E-state index in [1.54, 1.807) is 24.3 Å². The number of halogens is 1. The van der Waals surface area contributed by atoms with Crippen molar-refractivity contribution >= 4 is 15.9 Å². The lowest BCUT2D eigenvalue weighted by atomic mass is 10.2. The fourth-order valence-corrected chi connectivity index (χ4v) is 4.00. The Kier molecular flexibility index (Phi) is 7.98. The minimum absolute atomic E-state index is 0.00941. The summed E-state index contributed by atoms with van der Waals surface area (Å²) in [6, 6.07) is 12.1. The SMILES string of the molecule is O=C(NCc1cccc(S(=O)(=O)NCCCCO)c1)c1cnc(-c2cccc(F)c2)nc1. The van der Waals surface area contributed by atoms with E-state index in [2.05, 4.69) is 20.0 Å². The van der Waals surface area contributed by atoms with Crippen LogP contribution in [0.15, 0.2) is 65.8 Å². The number of rotatable bonds is 10. The molecule has 10 heteroatoms. The first-order valence-electron chi connectivity index (χ1n) is 9.95. The van der Waals surface area contributed by atoms with Crippen LogP contribution in [0.1, 0.15) is 28.8 Å². The summed E-state index contributed by atoms with van der Waals surface area (Å²) in [6.07, 6.45) is 3.74. The van der Waals surface area contributed by atoms with Crippen molar-refractivity contribution in [3.05, 3.63) is 77.9 Å². The number of carbonyl (C=O) groups excluding carboxylic acids is 1. The summed E-state index contributed by atoms with van der Waals surface area (Å²) in [5.74, 6) is -0.533. The number of nitrogens with zero attached hydrogens (tertiary/aromatic N) is 2. The molecule has 32 heavy (non-hydrogen) atoms. The van der Waals surface area contributed by atoms with E-state index in [9.17, 15) is 17.6 Å². The van der Waals surface area contributed by atoms with Crippen molar-refractivity contribution in [1.82, 2.24) is 20.0 Å². The maximum Gasteiger partial charge on any atom is 0.254 e. The predicted octanol–water partition coefficient (Wildman–Crippen LogP) is 2.26. The second-order valence-corrected chi connectivity index (χ2v) is 8.73. The highest BCUT2D eigenvalue weighted by atomic mass is 32.2. The Morgan fingerprint density at radius 1 is 1.03 bits per heavy atom. The number of carbonyl (C=O) groups is 1. The first-order valence-corrected chi connectivity index (χ1v) is 11.4. The van der Waals surface area contributed by atoms with E-state index in [4.69, 9.17) is 5.11 Å². The Morgan fingerprint density at radius 3 is 2.50 bits per heavy atom. The van der Waals surface area contributed by atoms with Gasteiger partial charge in [0.25, 0.3) is 5.91 Å². The summed E-state index contributed by atoms with van der Waals surface area (Å²) in [7, 11) is -3.68. The molecule has 3 N–H and O–H groups in total. The van der Waals surface area contributed by atoms with Crippen molar-refractivity contribution in [2.24, 2.45) is 0 Å². The molecule has 8 nitrogen and oxygen atoms in total. The van der Waals surface area contributed by atoms with E-state index in [1.165, 1.54) is 36.7 Å². The highest BCUT2D eigenvalue weighted by Gasteiger charge is 2.14. The zero-order chi connectivity index (χ0) is 23.0. The van der Waals surface area contributed by atoms with Gasteiger partial charge in [0.05, 0.1) is 10.5 Å². The van der Waals surface area contributed by atoms with Crippen LogP contribution in [0.3, 0.4) is 0 Å². The summed E-state index contributed by atoms with van der Waals surface area (Å²) >= 11 is 0. The lowest BCUT2D eigenvalue weighted by Crippen LogP contribution is -2.26. The van der Waals surface area contributed by atoms with Crippen LogP contribution in [0.5, 0.6) is 0 Å². The molecule has 0 fully saturated rings. The number of hydrogen-bond donors (Lipinski definition) is 3. The standard InChI is InChI=1S/C22H23FN4O4S/c23-19-7-4-6-17(12-19)21-24-14-18(15-25-21)22(29)26-13-16-5-3-8-20(11-16)32(30,31)27-9-1-2-10-28/h3-8,11-12,14-15,27-28H,1-2,9-10,13H2,(H,26,29). The average Bonchev–Trinajstić information content (AvgIpc) is 2.80. The van der Waals surface area contributed by atoms with Gasteiger partial charge in [0.1, 0.15) is 5.82 Å². The highest BCUT2D eigenvalue weighted by Crippen LogP contribution is 2.16. The predicted molar refractivity (Wildman–Crippen MR) is 117 cm³/mol. The average molecular weight is 459 g/mol. The van der Waals surface area contributed by atoms with E-state index in [0.29, 0.717) is 29.8 Å². The molecule has 0 saturated carbocycles. The van der Waals surface area contributed by atoms with E-state index in [0.717, 1.165) is 0 Å². The molecule has 1 amide bonds. The van der Waals surface area contributed by atoms with Gasteiger partial charge in [-0.2, -0.15) is 0 Å². The molecule has 3 aromatic rings. The first-order chi connectivity index (χ1) is 15.4. The van der Waals surface area contributed by atoms with E-state index in [1.807, 2.05) is 0 Å². The van der Waals surface area contributed by atoms with Crippen molar-refractivity contribution in [2.45, 2.75) is 24.3 Å². The van der Waals surface area contributed by atoms with Gasteiger partial charge in [-0.05, 0) is 42.7 Å². The van der Waals surface area contributed by atoms with E-state index < -0.39 is 21.7 Å². The highest BCUT2D eigenvalue weighted by molar-refractivity contribution is 7.89. The fraction of sp³-hybridized carbons (Fsp3) is 0.227. The molecule has 168 valence electrons. The molecule has 0 radical (unpaired) electrons. The Labute approximate surface area is 185 Å². The normalized spacial score (nSPS) is 11.3. The Hall–Kier alpha value is -3.21. The topological polar surface area (TPSA) is 121 Å². The molecule has 0 saturated heterocycles. The Morgan fingerprint density at radius 2 is 1.78 bits per heavy atom. The Bertz CT molecular complexity index is 1170. The zero-order valence-corrected chi connectivity index (χ0v) is 18.0. The Balaban J connectivity index is 1.60. The molecule has 0 aliphatic rings. The van der Waals surface area contributed by atoms with Gasteiger partial charge in [-0.15, -0.1) is 0 Å². The first kappa shape index (κ1) is 23.5. The number of nitrogens with one attached hydrogen (secondary N) is 2. The number of aliphatic hydroxyl groups is 1. The molecule has 3 rings (SSSR count). The number of unbranched alkanes of at least 4 members (excludes halogenated alkanes) is 1. The molecule has 0 bridgehead atoms. The van der Waals surface area contributed by atoms with Gasteiger partial charge in [-0.3, -0.25) is 4.79 Å². The zero-order valence-electron chi connectivity index (χ0n) is 17.2. The fourth-order valence-electron chi connectivity index (χ4n) is 2.86. The molecule has 1 aromatic heterocycles. The molecular formula is C22H23FN4O4S. The maximum absolute atomic E-state index is 13.3. The van der Waals surface area contributed by atoms with E-state index in [-0.39, 0.29) is 30.2 Å². The number of aliphatic hydroxyl groups excluding tert-OH is 1. The number of amides is 1. The molecule has 2 aromatic carbocycles. The van der Waals surface area contributed by atoms with Crippen LogP contribution in [0.2, 0.25) is 0 Å². The van der Waals surface area contributed by atoms with Gasteiger partial charge in [0, 0.05) is 37.7 Å². The van der Waals surface area contributed by atoms with Crippen LogP contribution < -0.4 is 10.0 Å². The van der Waals surface area contributed by atoms with Gasteiger partial charge in [-0.25, -0.2) is 27.5 Å². The summed E-state index contributed by atoms with van der Waals surface area (Å²) < 4.78 is 40.6. The molecule has 1 heterocycles. The number of sulfonamides is 1. The second-order valence-electron chi connectivity index (χ2n) is 6.96. The number of hydrogen-bond acceptors (Lipinski definition) is 6. The quantitative estimate of drug-likeness (QED) is 0.401. The number of aromatic nitrogens is 2. The lowest BCUT2D eigenvalue weighted by Gasteiger charge is -2.09. The molecule has 0 unspecified atom stereocenters. The third-order valence-corrected chi connectivity index (χ3v) is 5.99. The second kappa shape index (κ2) is 10.9. The van der Waals surface area contributed by atoms with Gasteiger partial charge >= 0.3 is 0 Å². The molecule has 0 aliphatic carbocycles. The number of benzene rings is 2. The minimum Gasteiger partial charge on any atom is -0.396 e. The minimum atomic E-state index is -3.68. The van der Waals surface area contributed by atoms with Crippen LogP contribution in [0.25, 0.3) is 11.4 Å². The monoisotopic (exact) mass is 458 g/mol. The molecular weight excluding hydrogens is 435 g/mol. The third-order valence-electron chi connectivity index (χ3n) is 4.54. The van der Waals surface area contributed by atoms with Crippen LogP contribution in [0.4, 0.5) is 4.39 Å². The van der Waals surface area contributed by atoms with Crippen molar-refractivity contribution in [3.8, 4) is 11.4 Å². The summed E-state index contributed by atoms with van der Waals surface area (Å²) in [5, 5.41) is 11.5. The summed E-state index contributed by atoms with van der Waals surface area (Å²) in [6.45, 7) is 0.351. The van der Waals surface area contributed by atoms with Crippen molar-refractivity contribution in [2.75, 3.05) is 13.2 Å². The molecule has 0 atom stereocenters. The van der Waals surface area contributed by atoms with Gasteiger partial charge in [-0.1, -0.05) is 24.3 Å². The van der Waals surface area contributed by atoms with Crippen molar-refractivity contribution in [3.63, 3.8) is 0 Å². The lowest BCUT2D eigenvalue weighted by molar-refractivity contribution is 0.0950. The smallest absolute Gasteiger partial charge is 0.254 e. The van der Waals surface area contributed by atoms with Gasteiger partial charge in [0.2, 0.25) is 10.0 Å². The summed E-state index contributed by atoms with van der Waals surface area (Å²) in [5.41, 5.74) is 1.33. The summed E-state index contributed by atoms with van der Waals surface area (Å²) in [4.78, 5) is 20.7.